The number of ether oxygens (including phenoxy) is 1. The Kier molecular flexibility index (Phi) is 5.26. The number of hydrogen-bond donors (Lipinski definition) is 1. The molecule has 1 amide bonds. The van der Waals surface area contributed by atoms with Crippen molar-refractivity contribution in [3.05, 3.63) is 62.6 Å². The van der Waals surface area contributed by atoms with Crippen molar-refractivity contribution < 1.29 is 9.53 Å². The van der Waals surface area contributed by atoms with Gasteiger partial charge >= 0.3 is 0 Å². The van der Waals surface area contributed by atoms with E-state index in [1.807, 2.05) is 31.2 Å². The number of nitrogens with one attached hydrogen (secondary N) is 1. The normalized spacial score (nSPS) is 10.3. The molecule has 0 spiro atoms. The maximum absolute atomic E-state index is 12.2. The van der Waals surface area contributed by atoms with Gasteiger partial charge < -0.3 is 10.1 Å². The number of hydrogen-bond acceptors (Lipinski definition) is 2. The second kappa shape index (κ2) is 6.96. The molecule has 0 radical (unpaired) electrons. The van der Waals surface area contributed by atoms with Gasteiger partial charge in [-0.25, -0.2) is 0 Å². The summed E-state index contributed by atoms with van der Waals surface area (Å²) in [7, 11) is 1.58. The van der Waals surface area contributed by atoms with Crippen LogP contribution in [0.3, 0.4) is 0 Å². The lowest BCUT2D eigenvalue weighted by Gasteiger charge is -2.12. The summed E-state index contributed by atoms with van der Waals surface area (Å²) in [5.74, 6) is 0.495. The number of rotatable bonds is 4. The van der Waals surface area contributed by atoms with Crippen LogP contribution in [0.15, 0.2) is 40.9 Å². The lowest BCUT2D eigenvalue weighted by molar-refractivity contribution is 0.0950. The molecule has 0 aliphatic carbocycles. The predicted molar refractivity (Wildman–Crippen MR) is 88.1 cm³/mol. The van der Waals surface area contributed by atoms with Crippen LogP contribution >= 0.6 is 27.5 Å². The van der Waals surface area contributed by atoms with Crippen LogP contribution in [0, 0.1) is 6.92 Å². The first-order valence-electron chi connectivity index (χ1n) is 6.38. The molecular formula is C16H15BrClNO2. The molecule has 0 aromatic heterocycles. The van der Waals surface area contributed by atoms with Gasteiger partial charge in [0.25, 0.3) is 5.91 Å². The van der Waals surface area contributed by atoms with E-state index in [0.717, 1.165) is 15.6 Å². The Labute approximate surface area is 137 Å². The first-order chi connectivity index (χ1) is 10.0. The lowest BCUT2D eigenvalue weighted by Crippen LogP contribution is -2.23. The Bertz CT molecular complexity index is 673. The summed E-state index contributed by atoms with van der Waals surface area (Å²) < 4.78 is 6.03. The molecule has 0 aliphatic heterocycles. The summed E-state index contributed by atoms with van der Waals surface area (Å²) in [6, 6.07) is 11.0. The molecule has 2 aromatic rings. The topological polar surface area (TPSA) is 38.3 Å². The Morgan fingerprint density at radius 3 is 2.76 bits per heavy atom. The van der Waals surface area contributed by atoms with Gasteiger partial charge in [-0.2, -0.15) is 0 Å². The van der Waals surface area contributed by atoms with E-state index in [2.05, 4.69) is 21.2 Å². The summed E-state index contributed by atoms with van der Waals surface area (Å²) in [6.07, 6.45) is 0. The van der Waals surface area contributed by atoms with E-state index in [9.17, 15) is 4.79 Å². The highest BCUT2D eigenvalue weighted by Gasteiger charge is 2.12. The van der Waals surface area contributed by atoms with Gasteiger partial charge in [0.2, 0.25) is 0 Å². The van der Waals surface area contributed by atoms with Gasteiger partial charge in [-0.05, 0) is 52.7 Å². The van der Waals surface area contributed by atoms with Crippen LogP contribution < -0.4 is 10.1 Å². The van der Waals surface area contributed by atoms with E-state index >= 15 is 0 Å². The summed E-state index contributed by atoms with van der Waals surface area (Å²) in [5.41, 5.74) is 2.44. The van der Waals surface area contributed by atoms with Gasteiger partial charge in [0.15, 0.2) is 0 Å². The largest absolute Gasteiger partial charge is 0.496 e. The van der Waals surface area contributed by atoms with Gasteiger partial charge in [0.1, 0.15) is 5.75 Å². The average molecular weight is 369 g/mol. The first kappa shape index (κ1) is 15.9. The maximum Gasteiger partial charge on any atom is 0.252 e. The number of halogens is 2. The van der Waals surface area contributed by atoms with Crippen molar-refractivity contribution in [2.45, 2.75) is 13.5 Å². The van der Waals surface area contributed by atoms with Crippen molar-refractivity contribution in [3.8, 4) is 5.75 Å². The minimum Gasteiger partial charge on any atom is -0.496 e. The number of aryl methyl sites for hydroxylation is 1. The number of carbonyl (C=O) groups is 1. The van der Waals surface area contributed by atoms with Crippen molar-refractivity contribution in [3.63, 3.8) is 0 Å². The van der Waals surface area contributed by atoms with Gasteiger partial charge in [-0.3, -0.25) is 4.79 Å². The van der Waals surface area contributed by atoms with Crippen molar-refractivity contribution >= 4 is 33.4 Å². The molecule has 2 rings (SSSR count). The Balaban J connectivity index is 2.15. The summed E-state index contributed by atoms with van der Waals surface area (Å²) in [4.78, 5) is 12.2. The highest BCUT2D eigenvalue weighted by atomic mass is 79.9. The third-order valence-electron chi connectivity index (χ3n) is 3.09. The summed E-state index contributed by atoms with van der Waals surface area (Å²) in [6.45, 7) is 2.28. The van der Waals surface area contributed by atoms with E-state index in [-0.39, 0.29) is 5.91 Å². The van der Waals surface area contributed by atoms with E-state index < -0.39 is 0 Å². The number of amides is 1. The predicted octanol–water partition coefficient (Wildman–Crippen LogP) is 4.35. The molecule has 1 N–H and O–H groups in total. The van der Waals surface area contributed by atoms with Crippen LogP contribution in [0.1, 0.15) is 21.5 Å². The van der Waals surface area contributed by atoms with Crippen LogP contribution in [0.4, 0.5) is 0 Å². The molecule has 2 aromatic carbocycles. The number of methoxy groups -OCH3 is 1. The fraction of sp³-hybridized carbons (Fsp3) is 0.188. The van der Waals surface area contributed by atoms with Gasteiger partial charge in [0, 0.05) is 21.6 Å². The second-order valence-corrected chi connectivity index (χ2v) is 5.85. The zero-order chi connectivity index (χ0) is 15.4. The van der Waals surface area contributed by atoms with E-state index in [1.165, 1.54) is 0 Å². The summed E-state index contributed by atoms with van der Waals surface area (Å²) in [5, 5.41) is 3.42. The molecule has 0 fully saturated rings. The van der Waals surface area contributed by atoms with Crippen LogP contribution in [0.5, 0.6) is 5.75 Å². The molecule has 5 heteroatoms. The maximum atomic E-state index is 12.2. The summed E-state index contributed by atoms with van der Waals surface area (Å²) >= 11 is 9.55. The zero-order valence-corrected chi connectivity index (χ0v) is 14.1. The molecule has 0 atom stereocenters. The standard InChI is InChI=1S/C16H15BrClNO2/c1-10-6-7-11(13(17)8-10)16(20)19-9-12-14(18)4-3-5-15(12)21-2/h3-8H,9H2,1-2H3,(H,19,20). The average Bonchev–Trinajstić information content (AvgIpc) is 2.45. The SMILES string of the molecule is COc1cccc(Cl)c1CNC(=O)c1ccc(C)cc1Br. The molecule has 0 unspecified atom stereocenters. The first-order valence-corrected chi connectivity index (χ1v) is 7.55. The Morgan fingerprint density at radius 2 is 2.10 bits per heavy atom. The third-order valence-corrected chi connectivity index (χ3v) is 4.10. The van der Waals surface area contributed by atoms with Crippen LogP contribution in [0.25, 0.3) is 0 Å². The Hall–Kier alpha value is -1.52. The fourth-order valence-corrected chi connectivity index (χ4v) is 2.88. The monoisotopic (exact) mass is 367 g/mol. The third kappa shape index (κ3) is 3.77. The second-order valence-electron chi connectivity index (χ2n) is 4.59. The Morgan fingerprint density at radius 1 is 1.33 bits per heavy atom. The highest BCUT2D eigenvalue weighted by Crippen LogP contribution is 2.26. The van der Waals surface area contributed by atoms with Crippen molar-refractivity contribution in [1.29, 1.82) is 0 Å². The molecule has 0 aliphatic rings. The zero-order valence-electron chi connectivity index (χ0n) is 11.7. The molecule has 0 heterocycles. The molecule has 0 bridgehead atoms. The quantitative estimate of drug-likeness (QED) is 0.871. The number of carbonyl (C=O) groups excluding carboxylic acids is 1. The fourth-order valence-electron chi connectivity index (χ4n) is 1.97. The molecular weight excluding hydrogens is 354 g/mol. The minimum atomic E-state index is -0.163. The van der Waals surface area contributed by atoms with Crippen LogP contribution in [0.2, 0.25) is 5.02 Å². The van der Waals surface area contributed by atoms with E-state index in [0.29, 0.717) is 22.9 Å². The van der Waals surface area contributed by atoms with Crippen molar-refractivity contribution in [2.24, 2.45) is 0 Å². The van der Waals surface area contributed by atoms with Gasteiger partial charge in [0.05, 0.1) is 12.7 Å². The molecule has 110 valence electrons. The molecule has 0 saturated carbocycles. The lowest BCUT2D eigenvalue weighted by atomic mass is 10.1. The van der Waals surface area contributed by atoms with E-state index in [1.54, 1.807) is 19.2 Å². The smallest absolute Gasteiger partial charge is 0.252 e. The number of benzene rings is 2. The molecule has 3 nitrogen and oxygen atoms in total. The van der Waals surface area contributed by atoms with Crippen LogP contribution in [-0.2, 0) is 6.54 Å². The van der Waals surface area contributed by atoms with E-state index in [4.69, 9.17) is 16.3 Å². The molecule has 21 heavy (non-hydrogen) atoms. The van der Waals surface area contributed by atoms with Gasteiger partial charge in [-0.15, -0.1) is 0 Å². The highest BCUT2D eigenvalue weighted by molar-refractivity contribution is 9.10. The van der Waals surface area contributed by atoms with Crippen LogP contribution in [-0.4, -0.2) is 13.0 Å². The van der Waals surface area contributed by atoms with Gasteiger partial charge in [-0.1, -0.05) is 23.7 Å². The minimum absolute atomic E-state index is 0.163. The van der Waals surface area contributed by atoms with Crippen molar-refractivity contribution in [2.75, 3.05) is 7.11 Å². The molecule has 0 saturated heterocycles. The van der Waals surface area contributed by atoms with Crippen molar-refractivity contribution in [1.82, 2.24) is 5.32 Å².